The first-order valence-corrected chi connectivity index (χ1v) is 6.72. The molecule has 0 unspecified atom stereocenters. The number of amides is 2. The molecular formula is C13H15Cl2N3O2. The summed E-state index contributed by atoms with van der Waals surface area (Å²) in [5.74, 6) is -1.32. The summed E-state index contributed by atoms with van der Waals surface area (Å²) in [5, 5.41) is 6.94. The number of nitrogens with zero attached hydrogens (tertiary/aromatic N) is 1. The molecule has 1 aromatic carbocycles. The number of carbonyl (C=O) groups is 2. The minimum Gasteiger partial charge on any atom is -0.348 e. The van der Waals surface area contributed by atoms with Gasteiger partial charge < -0.3 is 5.32 Å². The van der Waals surface area contributed by atoms with Crippen molar-refractivity contribution in [3.05, 3.63) is 33.8 Å². The number of hydrogen-bond donors (Lipinski definition) is 2. The summed E-state index contributed by atoms with van der Waals surface area (Å²) >= 11 is 11.8. The van der Waals surface area contributed by atoms with Crippen molar-refractivity contribution < 1.29 is 9.59 Å². The van der Waals surface area contributed by atoms with Crippen LogP contribution in [0.15, 0.2) is 23.3 Å². The van der Waals surface area contributed by atoms with Crippen LogP contribution < -0.4 is 10.7 Å². The van der Waals surface area contributed by atoms with Crippen molar-refractivity contribution in [2.75, 3.05) is 6.54 Å². The fourth-order valence-electron chi connectivity index (χ4n) is 1.22. The van der Waals surface area contributed by atoms with E-state index in [0.29, 0.717) is 22.2 Å². The number of rotatable bonds is 4. The topological polar surface area (TPSA) is 70.6 Å². The van der Waals surface area contributed by atoms with E-state index in [4.69, 9.17) is 23.2 Å². The van der Waals surface area contributed by atoms with Crippen LogP contribution in [0, 0.1) is 5.92 Å². The van der Waals surface area contributed by atoms with E-state index >= 15 is 0 Å². The highest BCUT2D eigenvalue weighted by atomic mass is 35.5. The molecule has 0 radical (unpaired) electrons. The molecule has 0 aliphatic heterocycles. The second kappa shape index (κ2) is 7.87. The molecule has 2 N–H and O–H groups in total. The highest BCUT2D eigenvalue weighted by Gasteiger charge is 2.12. The molecule has 0 bridgehead atoms. The molecule has 108 valence electrons. The van der Waals surface area contributed by atoms with Gasteiger partial charge in [0.05, 0.1) is 16.3 Å². The molecule has 1 aromatic rings. The van der Waals surface area contributed by atoms with Gasteiger partial charge in [-0.15, -0.1) is 0 Å². The average molecular weight is 316 g/mol. The van der Waals surface area contributed by atoms with Gasteiger partial charge in [-0.05, 0) is 18.1 Å². The van der Waals surface area contributed by atoms with E-state index in [1.54, 1.807) is 18.2 Å². The van der Waals surface area contributed by atoms with Gasteiger partial charge in [-0.2, -0.15) is 5.10 Å². The molecule has 0 fully saturated rings. The van der Waals surface area contributed by atoms with E-state index in [1.807, 2.05) is 13.8 Å². The van der Waals surface area contributed by atoms with Crippen LogP contribution in [0.25, 0.3) is 0 Å². The summed E-state index contributed by atoms with van der Waals surface area (Å²) in [6, 6.07) is 4.98. The quantitative estimate of drug-likeness (QED) is 0.508. The van der Waals surface area contributed by atoms with Crippen LogP contribution in [-0.4, -0.2) is 24.6 Å². The molecule has 0 aliphatic rings. The lowest BCUT2D eigenvalue weighted by Crippen LogP contribution is -2.39. The SMILES string of the molecule is CC(C)CNC(=O)C(=O)NN=Cc1c(Cl)cccc1Cl. The monoisotopic (exact) mass is 315 g/mol. The van der Waals surface area contributed by atoms with Crippen molar-refractivity contribution in [2.45, 2.75) is 13.8 Å². The molecule has 5 nitrogen and oxygen atoms in total. The predicted molar refractivity (Wildman–Crippen MR) is 80.0 cm³/mol. The van der Waals surface area contributed by atoms with E-state index in [9.17, 15) is 9.59 Å². The van der Waals surface area contributed by atoms with Crippen LogP contribution in [0.4, 0.5) is 0 Å². The second-order valence-electron chi connectivity index (χ2n) is 4.44. The molecule has 7 heteroatoms. The van der Waals surface area contributed by atoms with E-state index in [1.165, 1.54) is 6.21 Å². The molecule has 1 rings (SSSR count). The summed E-state index contributed by atoms with van der Waals surface area (Å²) in [5.41, 5.74) is 2.58. The number of hydrogen-bond acceptors (Lipinski definition) is 3. The van der Waals surface area contributed by atoms with Gasteiger partial charge in [0.2, 0.25) is 0 Å². The standard InChI is InChI=1S/C13H15Cl2N3O2/c1-8(2)6-16-12(19)13(20)18-17-7-9-10(14)4-3-5-11(9)15/h3-5,7-8H,6H2,1-2H3,(H,16,19)(H,18,20). The van der Waals surface area contributed by atoms with Crippen LogP contribution in [0.5, 0.6) is 0 Å². The maximum atomic E-state index is 11.4. The Hall–Kier alpha value is -1.59. The number of nitrogens with one attached hydrogen (secondary N) is 2. The molecular weight excluding hydrogens is 301 g/mol. The smallest absolute Gasteiger partial charge is 0.329 e. The van der Waals surface area contributed by atoms with Gasteiger partial charge in [-0.25, -0.2) is 5.43 Å². The third-order valence-electron chi connectivity index (χ3n) is 2.24. The highest BCUT2D eigenvalue weighted by molar-refractivity contribution is 6.38. The fourth-order valence-corrected chi connectivity index (χ4v) is 1.71. The first-order chi connectivity index (χ1) is 9.41. The van der Waals surface area contributed by atoms with Crippen LogP contribution >= 0.6 is 23.2 Å². The fraction of sp³-hybridized carbons (Fsp3) is 0.308. The summed E-state index contributed by atoms with van der Waals surface area (Å²) in [6.07, 6.45) is 1.29. The Labute approximate surface area is 127 Å². The highest BCUT2D eigenvalue weighted by Crippen LogP contribution is 2.21. The van der Waals surface area contributed by atoms with E-state index in [0.717, 1.165) is 0 Å². The zero-order valence-corrected chi connectivity index (χ0v) is 12.6. The number of carbonyl (C=O) groups excluding carboxylic acids is 2. The molecule has 20 heavy (non-hydrogen) atoms. The van der Waals surface area contributed by atoms with Crippen LogP contribution in [0.3, 0.4) is 0 Å². The third-order valence-corrected chi connectivity index (χ3v) is 2.90. The van der Waals surface area contributed by atoms with Gasteiger partial charge in [0.1, 0.15) is 0 Å². The van der Waals surface area contributed by atoms with Crippen LogP contribution in [0.2, 0.25) is 10.0 Å². The Morgan fingerprint density at radius 2 is 1.85 bits per heavy atom. The van der Waals surface area contributed by atoms with E-state index in [2.05, 4.69) is 15.8 Å². The summed E-state index contributed by atoms with van der Waals surface area (Å²) in [7, 11) is 0. The lowest BCUT2D eigenvalue weighted by atomic mass is 10.2. The molecule has 0 saturated heterocycles. The van der Waals surface area contributed by atoms with E-state index in [-0.39, 0.29) is 5.92 Å². The zero-order chi connectivity index (χ0) is 15.1. The van der Waals surface area contributed by atoms with E-state index < -0.39 is 11.8 Å². The normalized spacial score (nSPS) is 10.8. The molecule has 0 spiro atoms. The summed E-state index contributed by atoms with van der Waals surface area (Å²) in [4.78, 5) is 22.8. The molecule has 0 aliphatic carbocycles. The minimum absolute atomic E-state index is 0.261. The minimum atomic E-state index is -0.843. The number of halogens is 2. The van der Waals surface area contributed by atoms with Gasteiger partial charge in [-0.3, -0.25) is 9.59 Å². The summed E-state index contributed by atoms with van der Waals surface area (Å²) in [6.45, 7) is 4.28. The third kappa shape index (κ3) is 5.19. The first kappa shape index (κ1) is 16.5. The number of benzene rings is 1. The van der Waals surface area contributed by atoms with Crippen LogP contribution in [0.1, 0.15) is 19.4 Å². The van der Waals surface area contributed by atoms with Crippen LogP contribution in [-0.2, 0) is 9.59 Å². The lowest BCUT2D eigenvalue weighted by Gasteiger charge is -2.06. The predicted octanol–water partition coefficient (Wildman–Crippen LogP) is 2.22. The molecule has 2 amide bonds. The lowest BCUT2D eigenvalue weighted by molar-refractivity contribution is -0.139. The average Bonchev–Trinajstić information content (AvgIpc) is 2.39. The zero-order valence-electron chi connectivity index (χ0n) is 11.1. The first-order valence-electron chi connectivity index (χ1n) is 5.97. The van der Waals surface area contributed by atoms with Gasteiger partial charge in [0, 0.05) is 12.1 Å². The summed E-state index contributed by atoms with van der Waals surface area (Å²) < 4.78 is 0. The van der Waals surface area contributed by atoms with Gasteiger partial charge in [0.15, 0.2) is 0 Å². The van der Waals surface area contributed by atoms with Crippen molar-refractivity contribution in [1.82, 2.24) is 10.7 Å². The largest absolute Gasteiger partial charge is 0.348 e. The maximum Gasteiger partial charge on any atom is 0.329 e. The van der Waals surface area contributed by atoms with Crippen molar-refractivity contribution in [3.8, 4) is 0 Å². The Balaban J connectivity index is 2.56. The van der Waals surface area contributed by atoms with Gasteiger partial charge in [0.25, 0.3) is 0 Å². The second-order valence-corrected chi connectivity index (χ2v) is 5.25. The Kier molecular flexibility index (Phi) is 6.48. The Bertz CT molecular complexity index is 510. The van der Waals surface area contributed by atoms with Crippen molar-refractivity contribution in [1.29, 1.82) is 0 Å². The molecule has 0 aromatic heterocycles. The number of hydrazone groups is 1. The van der Waals surface area contributed by atoms with Gasteiger partial charge in [-0.1, -0.05) is 43.1 Å². The van der Waals surface area contributed by atoms with Crippen molar-refractivity contribution >= 4 is 41.2 Å². The Morgan fingerprint density at radius 1 is 1.25 bits per heavy atom. The van der Waals surface area contributed by atoms with Crippen molar-refractivity contribution in [3.63, 3.8) is 0 Å². The maximum absolute atomic E-state index is 11.4. The molecule has 0 saturated carbocycles. The van der Waals surface area contributed by atoms with Crippen molar-refractivity contribution in [2.24, 2.45) is 11.0 Å². The molecule has 0 atom stereocenters. The molecule has 0 heterocycles. The van der Waals surface area contributed by atoms with Gasteiger partial charge >= 0.3 is 11.8 Å². The Morgan fingerprint density at radius 3 is 2.40 bits per heavy atom.